The predicted octanol–water partition coefficient (Wildman–Crippen LogP) is 4.45. The van der Waals surface area contributed by atoms with Crippen molar-refractivity contribution in [3.05, 3.63) is 53.1 Å². The first-order chi connectivity index (χ1) is 14.1. The monoisotopic (exact) mass is 410 g/mol. The Morgan fingerprint density at radius 2 is 2.10 bits per heavy atom. The Morgan fingerprint density at radius 3 is 2.83 bits per heavy atom. The molecule has 1 saturated carbocycles. The van der Waals surface area contributed by atoms with E-state index in [4.69, 9.17) is 4.74 Å². The number of pyridine rings is 1. The van der Waals surface area contributed by atoms with E-state index in [0.717, 1.165) is 43.4 Å². The minimum atomic E-state index is 0.221. The fourth-order valence-corrected chi connectivity index (χ4v) is 5.88. The molecule has 154 valence electrons. The molecule has 0 radical (unpaired) electrons. The van der Waals surface area contributed by atoms with Crippen LogP contribution in [0, 0.1) is 12.3 Å². The highest BCUT2D eigenvalue weighted by molar-refractivity contribution is 7.17. The zero-order valence-electron chi connectivity index (χ0n) is 17.4. The molecular formula is C23H30N4OS. The Morgan fingerprint density at radius 1 is 1.21 bits per heavy atom. The van der Waals surface area contributed by atoms with Crippen molar-refractivity contribution in [2.24, 2.45) is 5.41 Å². The van der Waals surface area contributed by atoms with Crippen molar-refractivity contribution >= 4 is 16.3 Å². The molecule has 0 amide bonds. The summed E-state index contributed by atoms with van der Waals surface area (Å²) in [4.78, 5) is 14.2. The molecule has 29 heavy (non-hydrogen) atoms. The molecule has 1 aliphatic carbocycles. The highest BCUT2D eigenvalue weighted by Gasteiger charge is 2.54. The van der Waals surface area contributed by atoms with Crippen LogP contribution in [-0.2, 0) is 16.7 Å². The number of nitrogens with zero attached hydrogens (tertiary/aromatic N) is 4. The first-order valence-electron chi connectivity index (χ1n) is 10.8. The molecule has 1 saturated heterocycles. The molecule has 3 aromatic heterocycles. The van der Waals surface area contributed by atoms with Crippen molar-refractivity contribution in [3.8, 4) is 0 Å². The largest absolute Gasteiger partial charge is 0.381 e. The molecule has 2 fully saturated rings. The van der Waals surface area contributed by atoms with Crippen LogP contribution >= 0.6 is 11.3 Å². The Bertz CT molecular complexity index is 946. The summed E-state index contributed by atoms with van der Waals surface area (Å²) in [7, 11) is 0. The van der Waals surface area contributed by atoms with Crippen LogP contribution in [0.4, 0.5) is 0 Å². The fourth-order valence-electron chi connectivity index (χ4n) is 4.94. The van der Waals surface area contributed by atoms with Crippen LogP contribution in [0.3, 0.4) is 0 Å². The van der Waals surface area contributed by atoms with Crippen molar-refractivity contribution in [2.75, 3.05) is 26.3 Å². The van der Waals surface area contributed by atoms with Crippen LogP contribution in [0.5, 0.6) is 0 Å². The number of fused-ring (bicyclic) bond motifs is 1. The van der Waals surface area contributed by atoms with E-state index in [1.165, 1.54) is 36.1 Å². The highest BCUT2D eigenvalue weighted by atomic mass is 32.1. The van der Waals surface area contributed by atoms with Crippen LogP contribution in [0.1, 0.15) is 48.7 Å². The van der Waals surface area contributed by atoms with Crippen molar-refractivity contribution in [3.63, 3.8) is 0 Å². The van der Waals surface area contributed by atoms with Gasteiger partial charge >= 0.3 is 0 Å². The fraction of sp³-hybridized carbons (Fsp3) is 0.565. The van der Waals surface area contributed by atoms with Crippen molar-refractivity contribution in [2.45, 2.75) is 51.5 Å². The molecule has 0 N–H and O–H groups in total. The second-order valence-electron chi connectivity index (χ2n) is 8.84. The third-order valence-electron chi connectivity index (χ3n) is 6.87. The third kappa shape index (κ3) is 3.62. The van der Waals surface area contributed by atoms with E-state index in [1.54, 1.807) is 0 Å². The lowest BCUT2D eigenvalue weighted by molar-refractivity contribution is 0.0444. The minimum absolute atomic E-state index is 0.221. The van der Waals surface area contributed by atoms with E-state index in [-0.39, 0.29) is 11.0 Å². The summed E-state index contributed by atoms with van der Waals surface area (Å²) in [5.74, 6) is 0. The van der Waals surface area contributed by atoms with Gasteiger partial charge in [-0.15, -0.1) is 11.3 Å². The molecule has 1 aliphatic heterocycles. The molecule has 0 spiro atoms. The van der Waals surface area contributed by atoms with Gasteiger partial charge in [0.15, 0.2) is 4.96 Å². The van der Waals surface area contributed by atoms with E-state index in [0.29, 0.717) is 0 Å². The van der Waals surface area contributed by atoms with Gasteiger partial charge < -0.3 is 4.74 Å². The third-order valence-corrected chi connectivity index (χ3v) is 7.94. The Labute approximate surface area is 176 Å². The number of aromatic nitrogens is 3. The number of thiazole rings is 1. The molecule has 1 atom stereocenters. The number of aryl methyl sites for hydroxylation is 2. The predicted molar refractivity (Wildman–Crippen MR) is 116 cm³/mol. The number of likely N-dealkylation sites (tertiary alicyclic amines) is 1. The van der Waals surface area contributed by atoms with Gasteiger partial charge in [0.2, 0.25) is 0 Å². The van der Waals surface area contributed by atoms with Gasteiger partial charge in [-0.3, -0.25) is 14.3 Å². The topological polar surface area (TPSA) is 42.7 Å². The van der Waals surface area contributed by atoms with Gasteiger partial charge in [0.1, 0.15) is 0 Å². The summed E-state index contributed by atoms with van der Waals surface area (Å²) in [6.07, 6.45) is 14.3. The summed E-state index contributed by atoms with van der Waals surface area (Å²) >= 11 is 1.82. The maximum atomic E-state index is 6.00. The number of ether oxygens (including phenoxy) is 1. The minimum Gasteiger partial charge on any atom is -0.381 e. The smallest absolute Gasteiger partial charge is 0.193 e. The van der Waals surface area contributed by atoms with Gasteiger partial charge in [0.05, 0.1) is 6.61 Å². The van der Waals surface area contributed by atoms with Gasteiger partial charge in [-0.25, -0.2) is 4.98 Å². The first kappa shape index (κ1) is 19.2. The maximum absolute atomic E-state index is 6.00. The first-order valence-corrected chi connectivity index (χ1v) is 11.6. The normalized spacial score (nSPS) is 23.8. The van der Waals surface area contributed by atoms with Gasteiger partial charge in [0, 0.05) is 59.5 Å². The molecular weight excluding hydrogens is 380 g/mol. The maximum Gasteiger partial charge on any atom is 0.193 e. The van der Waals surface area contributed by atoms with Crippen LogP contribution in [-0.4, -0.2) is 45.6 Å². The van der Waals surface area contributed by atoms with Crippen LogP contribution in [0.15, 0.2) is 36.9 Å². The van der Waals surface area contributed by atoms with Crippen LogP contribution in [0.25, 0.3) is 4.96 Å². The van der Waals surface area contributed by atoms with Crippen molar-refractivity contribution < 1.29 is 4.74 Å². The Hall–Kier alpha value is -1.76. The van der Waals surface area contributed by atoms with E-state index >= 15 is 0 Å². The van der Waals surface area contributed by atoms with Crippen LogP contribution < -0.4 is 0 Å². The van der Waals surface area contributed by atoms with Gasteiger partial charge in [-0.1, -0.05) is 6.07 Å². The second-order valence-corrected chi connectivity index (χ2v) is 9.94. The molecule has 1 unspecified atom stereocenters. The van der Waals surface area contributed by atoms with Crippen molar-refractivity contribution in [1.82, 2.24) is 19.3 Å². The zero-order valence-corrected chi connectivity index (χ0v) is 18.2. The summed E-state index contributed by atoms with van der Waals surface area (Å²) in [6.45, 7) is 8.12. The number of imidazole rings is 1. The molecule has 2 aliphatic rings. The summed E-state index contributed by atoms with van der Waals surface area (Å²) in [5, 5.41) is 0. The molecule has 0 aromatic carbocycles. The van der Waals surface area contributed by atoms with E-state index in [9.17, 15) is 0 Å². The average Bonchev–Trinajstić information content (AvgIpc) is 3.05. The molecule has 3 aromatic rings. The zero-order chi connectivity index (χ0) is 19.9. The standard InChI is InChI=1S/C23H30N4OS/c1-3-28-17-22(7-6-20-15-26-13-11-24-21(26)29-20)10-12-27(16-22)23(8-9-23)19-5-4-18(2)25-14-19/h4-5,11,13-15H,3,6-10,12,16-17H2,1-2H3. The number of hydrogen-bond acceptors (Lipinski definition) is 5. The van der Waals surface area contributed by atoms with Gasteiger partial charge in [-0.2, -0.15) is 0 Å². The van der Waals surface area contributed by atoms with Crippen LogP contribution in [0.2, 0.25) is 0 Å². The molecule has 6 heteroatoms. The summed E-state index contributed by atoms with van der Waals surface area (Å²) < 4.78 is 8.14. The van der Waals surface area contributed by atoms with E-state index in [1.807, 2.05) is 23.7 Å². The number of rotatable bonds is 8. The van der Waals surface area contributed by atoms with Gasteiger partial charge in [-0.05, 0) is 64.1 Å². The molecule has 5 nitrogen and oxygen atoms in total. The Balaban J connectivity index is 1.32. The second kappa shape index (κ2) is 7.49. The molecule has 4 heterocycles. The molecule has 0 bridgehead atoms. The van der Waals surface area contributed by atoms with E-state index in [2.05, 4.69) is 57.6 Å². The number of hydrogen-bond donors (Lipinski definition) is 0. The Kier molecular flexibility index (Phi) is 4.96. The highest BCUT2D eigenvalue weighted by Crippen LogP contribution is 2.54. The SMILES string of the molecule is CCOCC1(CCc2cn3ccnc3s2)CCN(C2(c3ccc(C)nc3)CC2)C1. The lowest BCUT2D eigenvalue weighted by Crippen LogP contribution is -2.38. The quantitative estimate of drug-likeness (QED) is 0.550. The average molecular weight is 411 g/mol. The van der Waals surface area contributed by atoms with Crippen molar-refractivity contribution in [1.29, 1.82) is 0 Å². The lowest BCUT2D eigenvalue weighted by Gasteiger charge is -2.33. The van der Waals surface area contributed by atoms with E-state index < -0.39 is 0 Å². The molecule has 5 rings (SSSR count). The van der Waals surface area contributed by atoms with Gasteiger partial charge in [0.25, 0.3) is 0 Å². The summed E-state index contributed by atoms with van der Waals surface area (Å²) in [6, 6.07) is 4.45. The summed E-state index contributed by atoms with van der Waals surface area (Å²) in [5.41, 5.74) is 2.96. The lowest BCUT2D eigenvalue weighted by atomic mass is 9.83.